The summed E-state index contributed by atoms with van der Waals surface area (Å²) >= 11 is 3.97. The van der Waals surface area contributed by atoms with Gasteiger partial charge in [-0.1, -0.05) is 133 Å². The Bertz CT molecular complexity index is 2090. The Balaban J connectivity index is 1.39. The molecule has 2 heterocycles. The van der Waals surface area contributed by atoms with E-state index in [4.69, 9.17) is 0 Å². The monoisotopic (exact) mass is 596 g/mol. The molecule has 0 radical (unpaired) electrons. The zero-order valence-corrected chi connectivity index (χ0v) is 25.6. The molecule has 6 aromatic carbocycles. The quantitative estimate of drug-likeness (QED) is 0.190. The molecular weight excluding hydrogens is 569 g/mol. The van der Waals surface area contributed by atoms with Crippen LogP contribution in [0.2, 0.25) is 0 Å². The fourth-order valence-electron chi connectivity index (χ4n) is 7.12. The summed E-state index contributed by atoms with van der Waals surface area (Å²) in [6, 6.07) is 58.2. The van der Waals surface area contributed by atoms with Gasteiger partial charge in [0.05, 0.1) is 0 Å². The lowest BCUT2D eigenvalue weighted by molar-refractivity contribution is 0.710. The Hall–Kier alpha value is -4.76. The topological polar surface area (TPSA) is 0 Å². The first-order valence-electron chi connectivity index (χ1n) is 15.2. The number of hydrogen-bond acceptors (Lipinski definition) is 2. The standard InChI is InChI=1S/C42H28S2/c1-5-13-27(14-6-1)31-21-23-35-33(25-31)39-40-34-26-32(28-15-7-2-8-16-28)22-24-36(34)44-42(40)38(30-19-11-4-12-20-30)37(41(39)43-35)29-17-9-3-10-18-29/h1-26,37-38H. The lowest BCUT2D eigenvalue weighted by atomic mass is 9.72. The summed E-state index contributed by atoms with van der Waals surface area (Å²) in [6.45, 7) is 0. The Kier molecular flexibility index (Phi) is 6.11. The molecule has 0 fully saturated rings. The number of fused-ring (bicyclic) bond motifs is 7. The van der Waals surface area contributed by atoms with Crippen molar-refractivity contribution in [3.05, 3.63) is 179 Å². The van der Waals surface area contributed by atoms with E-state index in [0.29, 0.717) is 0 Å². The van der Waals surface area contributed by atoms with Gasteiger partial charge in [-0.25, -0.2) is 0 Å². The molecule has 44 heavy (non-hydrogen) atoms. The summed E-state index contributed by atoms with van der Waals surface area (Å²) in [7, 11) is 0. The molecule has 0 saturated heterocycles. The fraction of sp³-hybridized carbons (Fsp3) is 0.0476. The van der Waals surface area contributed by atoms with Gasteiger partial charge < -0.3 is 0 Å². The van der Waals surface area contributed by atoms with Gasteiger partial charge in [0, 0.05) is 52.9 Å². The van der Waals surface area contributed by atoms with E-state index in [-0.39, 0.29) is 11.8 Å². The largest absolute Gasteiger partial charge is 0.139 e. The van der Waals surface area contributed by atoms with Crippen molar-refractivity contribution in [2.45, 2.75) is 11.8 Å². The van der Waals surface area contributed by atoms with Gasteiger partial charge in [0.25, 0.3) is 0 Å². The minimum atomic E-state index is 0.236. The fourth-order valence-corrected chi connectivity index (χ4v) is 9.83. The Morgan fingerprint density at radius 1 is 0.341 bits per heavy atom. The predicted molar refractivity (Wildman–Crippen MR) is 190 cm³/mol. The van der Waals surface area contributed by atoms with Crippen LogP contribution >= 0.6 is 22.7 Å². The van der Waals surface area contributed by atoms with Gasteiger partial charge in [-0.15, -0.1) is 22.7 Å². The summed E-state index contributed by atoms with van der Waals surface area (Å²) in [4.78, 5) is 2.95. The molecule has 8 aromatic rings. The molecule has 0 N–H and O–H groups in total. The molecule has 1 aliphatic carbocycles. The van der Waals surface area contributed by atoms with Crippen LogP contribution in [0, 0.1) is 0 Å². The van der Waals surface area contributed by atoms with Crippen molar-refractivity contribution in [1.82, 2.24) is 0 Å². The van der Waals surface area contributed by atoms with Crippen LogP contribution < -0.4 is 0 Å². The molecule has 1 aliphatic rings. The van der Waals surface area contributed by atoms with Crippen molar-refractivity contribution >= 4 is 42.8 Å². The summed E-state index contributed by atoms with van der Waals surface area (Å²) in [5, 5.41) is 2.73. The van der Waals surface area contributed by atoms with E-state index in [1.54, 1.807) is 0 Å². The van der Waals surface area contributed by atoms with Gasteiger partial charge in [-0.05, 0) is 57.6 Å². The maximum atomic E-state index is 2.44. The van der Waals surface area contributed by atoms with Crippen LogP contribution in [0.5, 0.6) is 0 Å². The van der Waals surface area contributed by atoms with Crippen LogP contribution in [0.3, 0.4) is 0 Å². The van der Waals surface area contributed by atoms with Crippen LogP contribution in [0.25, 0.3) is 53.6 Å². The first-order chi connectivity index (χ1) is 21.8. The summed E-state index contributed by atoms with van der Waals surface area (Å²) < 4.78 is 2.71. The predicted octanol–water partition coefficient (Wildman–Crippen LogP) is 12.4. The first kappa shape index (κ1) is 25.7. The van der Waals surface area contributed by atoms with E-state index >= 15 is 0 Å². The zero-order chi connectivity index (χ0) is 29.0. The molecule has 0 saturated carbocycles. The zero-order valence-electron chi connectivity index (χ0n) is 24.0. The maximum Gasteiger partial charge on any atom is 0.0352 e. The number of hydrogen-bond donors (Lipinski definition) is 0. The average molecular weight is 597 g/mol. The highest BCUT2D eigenvalue weighted by Gasteiger charge is 2.40. The average Bonchev–Trinajstić information content (AvgIpc) is 3.67. The second-order valence-electron chi connectivity index (χ2n) is 11.6. The van der Waals surface area contributed by atoms with E-state index < -0.39 is 0 Å². The third-order valence-corrected chi connectivity index (χ3v) is 11.6. The molecule has 0 amide bonds. The van der Waals surface area contributed by atoms with Crippen LogP contribution in [0.1, 0.15) is 32.7 Å². The van der Waals surface area contributed by atoms with Crippen molar-refractivity contribution in [3.8, 4) is 33.4 Å². The minimum absolute atomic E-state index is 0.236. The Morgan fingerprint density at radius 2 is 0.705 bits per heavy atom. The Labute approximate surface area is 265 Å². The summed E-state index contributed by atoms with van der Waals surface area (Å²) in [5.74, 6) is 0.473. The first-order valence-corrected chi connectivity index (χ1v) is 16.8. The van der Waals surface area contributed by atoms with Gasteiger partial charge in [-0.3, -0.25) is 0 Å². The van der Waals surface area contributed by atoms with Gasteiger partial charge >= 0.3 is 0 Å². The SMILES string of the molecule is c1ccc(-c2ccc3sc4c(c3c2)-c2c(sc3ccc(-c5ccccc5)cc23)C(c2ccccc2)C4c2ccccc2)cc1. The van der Waals surface area contributed by atoms with E-state index in [0.717, 1.165) is 0 Å². The molecule has 2 atom stereocenters. The molecular formula is C42H28S2. The van der Waals surface area contributed by atoms with Crippen LogP contribution in [-0.4, -0.2) is 0 Å². The third-order valence-electron chi connectivity index (χ3n) is 9.11. The highest BCUT2D eigenvalue weighted by molar-refractivity contribution is 7.21. The maximum absolute atomic E-state index is 2.44. The molecule has 0 nitrogen and oxygen atoms in total. The molecule has 0 spiro atoms. The van der Waals surface area contributed by atoms with E-state index in [9.17, 15) is 0 Å². The van der Waals surface area contributed by atoms with Crippen molar-refractivity contribution in [2.75, 3.05) is 0 Å². The van der Waals surface area contributed by atoms with Crippen LogP contribution in [0.15, 0.2) is 158 Å². The molecule has 2 unspecified atom stereocenters. The lowest BCUT2D eigenvalue weighted by Gasteiger charge is -2.33. The molecule has 2 aromatic heterocycles. The molecule has 0 aliphatic heterocycles. The summed E-state index contributed by atoms with van der Waals surface area (Å²) in [5.41, 5.74) is 10.7. The van der Waals surface area contributed by atoms with Crippen molar-refractivity contribution in [2.24, 2.45) is 0 Å². The minimum Gasteiger partial charge on any atom is -0.139 e. The van der Waals surface area contributed by atoms with E-state index in [2.05, 4.69) is 158 Å². The molecule has 0 bridgehead atoms. The second kappa shape index (κ2) is 10.4. The van der Waals surface area contributed by atoms with Crippen LogP contribution in [0.4, 0.5) is 0 Å². The highest BCUT2D eigenvalue weighted by Crippen LogP contribution is 2.61. The number of thiophene rings is 2. The van der Waals surface area contributed by atoms with Crippen LogP contribution in [-0.2, 0) is 0 Å². The van der Waals surface area contributed by atoms with Crippen molar-refractivity contribution < 1.29 is 0 Å². The third kappa shape index (κ3) is 4.10. The highest BCUT2D eigenvalue weighted by atomic mass is 32.1. The van der Waals surface area contributed by atoms with E-state index in [1.165, 1.54) is 74.4 Å². The number of rotatable bonds is 4. The second-order valence-corrected chi connectivity index (χ2v) is 13.8. The smallest absolute Gasteiger partial charge is 0.0352 e. The molecule has 2 heteroatoms. The Morgan fingerprint density at radius 3 is 1.09 bits per heavy atom. The molecule has 208 valence electrons. The van der Waals surface area contributed by atoms with E-state index in [1.807, 2.05) is 22.7 Å². The van der Waals surface area contributed by atoms with Crippen molar-refractivity contribution in [1.29, 1.82) is 0 Å². The summed E-state index contributed by atoms with van der Waals surface area (Å²) in [6.07, 6.45) is 0. The van der Waals surface area contributed by atoms with Crippen molar-refractivity contribution in [3.63, 3.8) is 0 Å². The molecule has 9 rings (SSSR count). The number of benzene rings is 6. The normalized spacial score (nSPS) is 15.7. The van der Waals surface area contributed by atoms with Gasteiger partial charge in [-0.2, -0.15) is 0 Å². The lowest BCUT2D eigenvalue weighted by Crippen LogP contribution is -2.17. The van der Waals surface area contributed by atoms with Gasteiger partial charge in [0.15, 0.2) is 0 Å². The van der Waals surface area contributed by atoms with Gasteiger partial charge in [0.1, 0.15) is 0 Å². The van der Waals surface area contributed by atoms with Gasteiger partial charge in [0.2, 0.25) is 0 Å².